The summed E-state index contributed by atoms with van der Waals surface area (Å²) in [5.41, 5.74) is -0.599. The molecular weight excluding hydrogens is 323 g/mol. The maximum absolute atomic E-state index is 12.6. The van der Waals surface area contributed by atoms with E-state index in [-0.39, 0.29) is 29.3 Å². The number of carbonyl (C=O) groups excluding carboxylic acids is 1. The van der Waals surface area contributed by atoms with E-state index in [0.717, 1.165) is 12.1 Å². The molecule has 0 bridgehead atoms. The maximum atomic E-state index is 12.6. The molecule has 2 aromatic rings. The third-order valence-corrected chi connectivity index (χ3v) is 3.20. The van der Waals surface area contributed by atoms with Crippen LogP contribution in [0.3, 0.4) is 0 Å². The highest BCUT2D eigenvalue weighted by Gasteiger charge is 2.31. The summed E-state index contributed by atoms with van der Waals surface area (Å²) in [5.74, 6) is 0.112. The topological polar surface area (TPSA) is 52.3 Å². The second kappa shape index (κ2) is 6.39. The van der Waals surface area contributed by atoms with Gasteiger partial charge >= 0.3 is 12.1 Å². The standard InChI is InChI=1S/C14H11ClF3NO3/c1-21-12(20)5-3-9-7-19-13(22-9)10-4-2-8(6-11(10)15)14(16,17)18/h2,4,6-7H,3,5H2,1H3. The lowest BCUT2D eigenvalue weighted by Gasteiger charge is -2.08. The van der Waals surface area contributed by atoms with Gasteiger partial charge < -0.3 is 9.15 Å². The molecule has 0 fully saturated rings. The van der Waals surface area contributed by atoms with Crippen LogP contribution in [-0.4, -0.2) is 18.1 Å². The van der Waals surface area contributed by atoms with Gasteiger partial charge in [-0.2, -0.15) is 13.2 Å². The van der Waals surface area contributed by atoms with Gasteiger partial charge in [0.15, 0.2) is 0 Å². The number of hydrogen-bond donors (Lipinski definition) is 0. The summed E-state index contributed by atoms with van der Waals surface area (Å²) in [4.78, 5) is 15.0. The average Bonchev–Trinajstić information content (AvgIpc) is 2.92. The van der Waals surface area contributed by atoms with Crippen LogP contribution in [0, 0.1) is 0 Å². The molecule has 22 heavy (non-hydrogen) atoms. The number of halogens is 4. The first kappa shape index (κ1) is 16.4. The van der Waals surface area contributed by atoms with E-state index in [1.807, 2.05) is 0 Å². The molecule has 0 saturated carbocycles. The normalized spacial score (nSPS) is 11.5. The SMILES string of the molecule is COC(=O)CCc1cnc(-c2ccc(C(F)(F)F)cc2Cl)o1. The molecule has 2 rings (SSSR count). The Morgan fingerprint density at radius 1 is 1.41 bits per heavy atom. The van der Waals surface area contributed by atoms with Crippen LogP contribution in [0.25, 0.3) is 11.5 Å². The zero-order valence-corrected chi connectivity index (χ0v) is 12.2. The van der Waals surface area contributed by atoms with Crippen molar-refractivity contribution in [1.29, 1.82) is 0 Å². The number of alkyl halides is 3. The Bertz CT molecular complexity index is 682. The van der Waals surface area contributed by atoms with Crippen molar-refractivity contribution in [2.45, 2.75) is 19.0 Å². The molecule has 0 radical (unpaired) electrons. The van der Waals surface area contributed by atoms with Crippen LogP contribution in [0.5, 0.6) is 0 Å². The first-order valence-electron chi connectivity index (χ1n) is 6.20. The van der Waals surface area contributed by atoms with Gasteiger partial charge in [-0.25, -0.2) is 4.98 Å². The molecule has 0 aliphatic rings. The Morgan fingerprint density at radius 2 is 2.14 bits per heavy atom. The Kier molecular flexibility index (Phi) is 4.75. The third-order valence-electron chi connectivity index (χ3n) is 2.88. The van der Waals surface area contributed by atoms with Crippen molar-refractivity contribution in [3.63, 3.8) is 0 Å². The number of esters is 1. The second-order valence-electron chi connectivity index (χ2n) is 4.40. The first-order chi connectivity index (χ1) is 10.3. The predicted octanol–water partition coefficient (Wildman–Crippen LogP) is 4.12. The van der Waals surface area contributed by atoms with E-state index in [9.17, 15) is 18.0 Å². The molecule has 4 nitrogen and oxygen atoms in total. The fraction of sp³-hybridized carbons (Fsp3) is 0.286. The second-order valence-corrected chi connectivity index (χ2v) is 4.81. The van der Waals surface area contributed by atoms with Gasteiger partial charge in [0.05, 0.1) is 35.9 Å². The molecule has 118 valence electrons. The molecule has 0 aliphatic heterocycles. The van der Waals surface area contributed by atoms with E-state index in [2.05, 4.69) is 9.72 Å². The van der Waals surface area contributed by atoms with Crippen LogP contribution < -0.4 is 0 Å². The van der Waals surface area contributed by atoms with E-state index in [1.165, 1.54) is 19.4 Å². The van der Waals surface area contributed by atoms with Crippen molar-refractivity contribution in [1.82, 2.24) is 4.98 Å². The zero-order chi connectivity index (χ0) is 16.3. The van der Waals surface area contributed by atoms with Crippen LogP contribution in [0.15, 0.2) is 28.8 Å². The summed E-state index contributed by atoms with van der Waals surface area (Å²) in [7, 11) is 1.27. The van der Waals surface area contributed by atoms with E-state index >= 15 is 0 Å². The quantitative estimate of drug-likeness (QED) is 0.790. The molecule has 1 aromatic heterocycles. The fourth-order valence-electron chi connectivity index (χ4n) is 1.74. The summed E-state index contributed by atoms with van der Waals surface area (Å²) in [6.07, 6.45) is -2.68. The van der Waals surface area contributed by atoms with E-state index < -0.39 is 17.7 Å². The molecule has 1 heterocycles. The monoisotopic (exact) mass is 333 g/mol. The lowest BCUT2D eigenvalue weighted by atomic mass is 10.1. The number of benzene rings is 1. The summed E-state index contributed by atoms with van der Waals surface area (Å²) < 4.78 is 47.6. The summed E-state index contributed by atoms with van der Waals surface area (Å²) in [6.45, 7) is 0. The maximum Gasteiger partial charge on any atom is 0.416 e. The van der Waals surface area contributed by atoms with Gasteiger partial charge in [-0.15, -0.1) is 0 Å². The number of nitrogens with zero attached hydrogens (tertiary/aromatic N) is 1. The molecule has 1 aromatic carbocycles. The number of carbonyl (C=O) groups is 1. The zero-order valence-electron chi connectivity index (χ0n) is 11.4. The van der Waals surface area contributed by atoms with Gasteiger partial charge in [0.25, 0.3) is 0 Å². The van der Waals surface area contributed by atoms with Gasteiger partial charge in [-0.1, -0.05) is 11.6 Å². The van der Waals surface area contributed by atoms with Crippen LogP contribution in [0.4, 0.5) is 13.2 Å². The summed E-state index contributed by atoms with van der Waals surface area (Å²) in [5, 5.41) is -0.115. The van der Waals surface area contributed by atoms with Crippen LogP contribution in [0.1, 0.15) is 17.7 Å². The molecule has 0 aliphatic carbocycles. The number of aromatic nitrogens is 1. The molecule has 8 heteroatoms. The number of methoxy groups -OCH3 is 1. The Morgan fingerprint density at radius 3 is 2.73 bits per heavy atom. The van der Waals surface area contributed by atoms with E-state index in [1.54, 1.807) is 0 Å². The van der Waals surface area contributed by atoms with Crippen LogP contribution in [0.2, 0.25) is 5.02 Å². The number of ether oxygens (including phenoxy) is 1. The van der Waals surface area contributed by atoms with Crippen molar-refractivity contribution in [2.75, 3.05) is 7.11 Å². The van der Waals surface area contributed by atoms with Gasteiger partial charge in [0, 0.05) is 6.42 Å². The number of oxazole rings is 1. The van der Waals surface area contributed by atoms with Crippen molar-refractivity contribution in [3.8, 4) is 11.5 Å². The van der Waals surface area contributed by atoms with Crippen LogP contribution in [-0.2, 0) is 22.1 Å². The largest absolute Gasteiger partial charge is 0.469 e. The molecule has 0 saturated heterocycles. The van der Waals surface area contributed by atoms with Crippen molar-refractivity contribution >= 4 is 17.6 Å². The van der Waals surface area contributed by atoms with Gasteiger partial charge in [-0.3, -0.25) is 4.79 Å². The van der Waals surface area contributed by atoms with Gasteiger partial charge in [0.2, 0.25) is 5.89 Å². The summed E-state index contributed by atoms with van der Waals surface area (Å²) >= 11 is 5.86. The van der Waals surface area contributed by atoms with Crippen LogP contribution >= 0.6 is 11.6 Å². The predicted molar refractivity (Wildman–Crippen MR) is 72.3 cm³/mol. The smallest absolute Gasteiger partial charge is 0.416 e. The fourth-order valence-corrected chi connectivity index (χ4v) is 2.00. The van der Waals surface area contributed by atoms with E-state index in [0.29, 0.717) is 5.76 Å². The molecule has 0 unspecified atom stereocenters. The minimum absolute atomic E-state index is 0.0959. The van der Waals surface area contributed by atoms with Crippen molar-refractivity contribution in [2.24, 2.45) is 0 Å². The highest BCUT2D eigenvalue weighted by Crippen LogP contribution is 2.35. The first-order valence-corrected chi connectivity index (χ1v) is 6.57. The highest BCUT2D eigenvalue weighted by molar-refractivity contribution is 6.33. The van der Waals surface area contributed by atoms with Crippen molar-refractivity contribution in [3.05, 3.63) is 40.7 Å². The lowest BCUT2D eigenvalue weighted by molar-refractivity contribution is -0.140. The molecule has 0 spiro atoms. The molecule has 0 N–H and O–H groups in total. The molecule has 0 atom stereocenters. The third kappa shape index (κ3) is 3.79. The average molecular weight is 334 g/mol. The van der Waals surface area contributed by atoms with Gasteiger partial charge in [0.1, 0.15) is 5.76 Å². The number of aryl methyl sites for hydroxylation is 1. The number of rotatable bonds is 4. The van der Waals surface area contributed by atoms with E-state index in [4.69, 9.17) is 16.0 Å². The Hall–Kier alpha value is -2.02. The Labute approximate surface area is 128 Å². The van der Waals surface area contributed by atoms with Gasteiger partial charge in [-0.05, 0) is 18.2 Å². The highest BCUT2D eigenvalue weighted by atomic mass is 35.5. The molecule has 0 amide bonds. The Balaban J connectivity index is 2.19. The summed E-state index contributed by atoms with van der Waals surface area (Å²) in [6, 6.07) is 2.91. The molecular formula is C14H11ClF3NO3. The van der Waals surface area contributed by atoms with Crippen molar-refractivity contribution < 1.29 is 27.1 Å². The minimum Gasteiger partial charge on any atom is -0.469 e. The lowest BCUT2D eigenvalue weighted by Crippen LogP contribution is -2.04. The number of hydrogen-bond acceptors (Lipinski definition) is 4. The minimum atomic E-state index is -4.47.